The highest BCUT2D eigenvalue weighted by atomic mass is 15.2. The van der Waals surface area contributed by atoms with Crippen LogP contribution in [-0.2, 0) is 6.54 Å². The fourth-order valence-corrected chi connectivity index (χ4v) is 2.95. The van der Waals surface area contributed by atoms with Gasteiger partial charge in [-0.2, -0.15) is 0 Å². The van der Waals surface area contributed by atoms with E-state index in [9.17, 15) is 0 Å². The van der Waals surface area contributed by atoms with Gasteiger partial charge in [0.05, 0.1) is 16.9 Å². The molecule has 4 rings (SSSR count). The van der Waals surface area contributed by atoms with Crippen LogP contribution in [0.4, 0.5) is 11.4 Å². The lowest BCUT2D eigenvalue weighted by atomic mass is 10.1. The van der Waals surface area contributed by atoms with E-state index in [1.165, 1.54) is 22.3 Å². The van der Waals surface area contributed by atoms with Gasteiger partial charge >= 0.3 is 0 Å². The first-order valence-electron chi connectivity index (χ1n) is 7.32. The Balaban J connectivity index is 1.66. The Hall–Kier alpha value is -2.55. The Bertz CT molecular complexity index is 782. The van der Waals surface area contributed by atoms with Crippen molar-refractivity contribution < 1.29 is 0 Å². The molecule has 0 radical (unpaired) electrons. The maximum Gasteiger partial charge on any atom is 0.0702 e. The maximum atomic E-state index is 4.38. The van der Waals surface area contributed by atoms with Crippen molar-refractivity contribution in [2.45, 2.75) is 6.54 Å². The second-order valence-corrected chi connectivity index (χ2v) is 5.40. The molecule has 0 atom stereocenters. The van der Waals surface area contributed by atoms with E-state index in [4.69, 9.17) is 0 Å². The zero-order valence-corrected chi connectivity index (χ0v) is 11.8. The lowest BCUT2D eigenvalue weighted by Crippen LogP contribution is -2.33. The first kappa shape index (κ1) is 12.2. The van der Waals surface area contributed by atoms with Crippen molar-refractivity contribution in [2.24, 2.45) is 0 Å². The van der Waals surface area contributed by atoms with Crippen molar-refractivity contribution in [1.29, 1.82) is 0 Å². The Kier molecular flexibility index (Phi) is 2.96. The highest BCUT2D eigenvalue weighted by molar-refractivity contribution is 5.79. The third-order valence-corrected chi connectivity index (χ3v) is 3.98. The van der Waals surface area contributed by atoms with E-state index in [2.05, 4.69) is 63.7 Å². The van der Waals surface area contributed by atoms with E-state index in [1.807, 2.05) is 12.3 Å². The monoisotopic (exact) mass is 275 g/mol. The molecule has 2 aromatic carbocycles. The Morgan fingerprint density at radius 1 is 1.05 bits per heavy atom. The highest BCUT2D eigenvalue weighted by Crippen LogP contribution is 2.29. The van der Waals surface area contributed by atoms with E-state index in [1.54, 1.807) is 0 Å². The minimum Gasteiger partial charge on any atom is -0.382 e. The van der Waals surface area contributed by atoms with Crippen molar-refractivity contribution in [3.8, 4) is 0 Å². The molecule has 0 bridgehead atoms. The molecule has 2 heterocycles. The molecule has 1 aromatic heterocycles. The number of rotatable bonds is 2. The van der Waals surface area contributed by atoms with Gasteiger partial charge < -0.3 is 10.2 Å². The summed E-state index contributed by atoms with van der Waals surface area (Å²) in [7, 11) is 0. The van der Waals surface area contributed by atoms with Crippen molar-refractivity contribution in [2.75, 3.05) is 23.3 Å². The van der Waals surface area contributed by atoms with Gasteiger partial charge in [0.25, 0.3) is 0 Å². The zero-order valence-electron chi connectivity index (χ0n) is 11.8. The van der Waals surface area contributed by atoms with Crippen LogP contribution in [0.5, 0.6) is 0 Å². The van der Waals surface area contributed by atoms with Gasteiger partial charge in [0, 0.05) is 31.2 Å². The van der Waals surface area contributed by atoms with Crippen LogP contribution in [0.3, 0.4) is 0 Å². The van der Waals surface area contributed by atoms with Crippen LogP contribution >= 0.6 is 0 Å². The molecule has 3 heteroatoms. The number of nitrogens with zero attached hydrogens (tertiary/aromatic N) is 2. The molecule has 3 aromatic rings. The maximum absolute atomic E-state index is 4.38. The summed E-state index contributed by atoms with van der Waals surface area (Å²) in [4.78, 5) is 6.82. The van der Waals surface area contributed by atoms with Gasteiger partial charge in [0.1, 0.15) is 0 Å². The number of anilines is 2. The van der Waals surface area contributed by atoms with Crippen LogP contribution in [0.2, 0.25) is 0 Å². The summed E-state index contributed by atoms with van der Waals surface area (Å²) in [6, 6.07) is 19.2. The predicted octanol–water partition coefficient (Wildman–Crippen LogP) is 3.67. The second-order valence-electron chi connectivity index (χ2n) is 5.40. The summed E-state index contributed by atoms with van der Waals surface area (Å²) in [6.45, 7) is 2.96. The molecular weight excluding hydrogens is 258 g/mol. The molecule has 0 aliphatic carbocycles. The van der Waals surface area contributed by atoms with Gasteiger partial charge in [-0.3, -0.25) is 4.98 Å². The SMILES string of the molecule is c1ccc2c(c1)NCCN2Cc1ccc2ncccc2c1. The third-order valence-electron chi connectivity index (χ3n) is 3.98. The number of aromatic nitrogens is 1. The van der Waals surface area contributed by atoms with Gasteiger partial charge in [0.2, 0.25) is 0 Å². The quantitative estimate of drug-likeness (QED) is 0.773. The van der Waals surface area contributed by atoms with Crippen LogP contribution in [0.1, 0.15) is 5.56 Å². The molecule has 1 N–H and O–H groups in total. The summed E-state index contributed by atoms with van der Waals surface area (Å²) in [5.41, 5.74) is 4.90. The number of hydrogen-bond acceptors (Lipinski definition) is 3. The smallest absolute Gasteiger partial charge is 0.0702 e. The molecule has 0 saturated heterocycles. The summed E-state index contributed by atoms with van der Waals surface area (Å²) in [6.07, 6.45) is 1.84. The second kappa shape index (κ2) is 5.09. The third kappa shape index (κ3) is 2.31. The van der Waals surface area contributed by atoms with Crippen molar-refractivity contribution in [3.63, 3.8) is 0 Å². The van der Waals surface area contributed by atoms with Gasteiger partial charge in [-0.25, -0.2) is 0 Å². The molecule has 0 fully saturated rings. The average Bonchev–Trinajstić information content (AvgIpc) is 2.55. The minimum absolute atomic E-state index is 0.934. The van der Waals surface area contributed by atoms with Gasteiger partial charge in [-0.1, -0.05) is 24.3 Å². The van der Waals surface area contributed by atoms with Crippen molar-refractivity contribution in [1.82, 2.24) is 4.98 Å². The zero-order chi connectivity index (χ0) is 14.1. The summed E-state index contributed by atoms with van der Waals surface area (Å²) in [5.74, 6) is 0. The summed E-state index contributed by atoms with van der Waals surface area (Å²) >= 11 is 0. The Morgan fingerprint density at radius 2 is 2.00 bits per heavy atom. The average molecular weight is 275 g/mol. The molecule has 21 heavy (non-hydrogen) atoms. The standard InChI is InChI=1S/C18H17N3/c1-2-6-18-17(5-1)20-10-11-21(18)13-14-7-8-16-15(12-14)4-3-9-19-16/h1-9,12,20H,10-11,13H2. The number of para-hydroxylation sites is 2. The number of fused-ring (bicyclic) bond motifs is 2. The fraction of sp³-hybridized carbons (Fsp3) is 0.167. The molecule has 1 aliphatic rings. The largest absolute Gasteiger partial charge is 0.382 e. The Labute approximate surface area is 124 Å². The lowest BCUT2D eigenvalue weighted by Gasteiger charge is -2.32. The Morgan fingerprint density at radius 3 is 3.00 bits per heavy atom. The summed E-state index contributed by atoms with van der Waals surface area (Å²) in [5, 5.41) is 4.66. The van der Waals surface area contributed by atoms with E-state index in [0.717, 1.165) is 25.2 Å². The first-order chi connectivity index (χ1) is 10.4. The topological polar surface area (TPSA) is 28.2 Å². The van der Waals surface area contributed by atoms with Gasteiger partial charge in [-0.15, -0.1) is 0 Å². The van der Waals surface area contributed by atoms with Crippen LogP contribution in [0.25, 0.3) is 10.9 Å². The van der Waals surface area contributed by atoms with Crippen LogP contribution in [-0.4, -0.2) is 18.1 Å². The summed E-state index contributed by atoms with van der Waals surface area (Å²) < 4.78 is 0. The van der Waals surface area contributed by atoms with E-state index >= 15 is 0 Å². The van der Waals surface area contributed by atoms with Crippen LogP contribution < -0.4 is 10.2 Å². The number of hydrogen-bond donors (Lipinski definition) is 1. The fourth-order valence-electron chi connectivity index (χ4n) is 2.95. The molecule has 0 saturated carbocycles. The molecule has 0 amide bonds. The van der Waals surface area contributed by atoms with Gasteiger partial charge in [-0.05, 0) is 35.9 Å². The molecule has 0 spiro atoms. The van der Waals surface area contributed by atoms with Crippen LogP contribution in [0.15, 0.2) is 60.8 Å². The minimum atomic E-state index is 0.934. The molecular formula is C18H17N3. The number of pyridine rings is 1. The molecule has 0 unspecified atom stereocenters. The number of nitrogens with one attached hydrogen (secondary N) is 1. The molecule has 1 aliphatic heterocycles. The van der Waals surface area contributed by atoms with Crippen molar-refractivity contribution in [3.05, 3.63) is 66.4 Å². The molecule has 3 nitrogen and oxygen atoms in total. The predicted molar refractivity (Wildman–Crippen MR) is 87.7 cm³/mol. The molecule has 104 valence electrons. The lowest BCUT2D eigenvalue weighted by molar-refractivity contribution is 0.788. The van der Waals surface area contributed by atoms with E-state index in [0.29, 0.717) is 0 Å². The van der Waals surface area contributed by atoms with Gasteiger partial charge in [0.15, 0.2) is 0 Å². The van der Waals surface area contributed by atoms with E-state index < -0.39 is 0 Å². The van der Waals surface area contributed by atoms with Crippen molar-refractivity contribution >= 4 is 22.3 Å². The number of benzene rings is 2. The normalized spacial score (nSPS) is 13.8. The highest BCUT2D eigenvalue weighted by Gasteiger charge is 2.15. The van der Waals surface area contributed by atoms with E-state index in [-0.39, 0.29) is 0 Å². The first-order valence-corrected chi connectivity index (χ1v) is 7.32. The van der Waals surface area contributed by atoms with Crippen LogP contribution in [0, 0.1) is 0 Å².